The Morgan fingerprint density at radius 1 is 0.757 bits per heavy atom. The standard InChI is InChI=1S/C29H27N3OS4/c33-27(24-15-23-13-7-8-14-26(23)30-18-24)25(19-36-28(34)31-16-21-9-3-1-4-10-21)20-37-29(35)32-17-22-11-5-2-6-12-22/h1-15,18,25H,16-17,19-20H2,(H,31,34)(H,32,35). The van der Waals surface area contributed by atoms with Crippen LogP contribution < -0.4 is 10.6 Å². The van der Waals surface area contributed by atoms with Gasteiger partial charge in [-0.25, -0.2) is 0 Å². The maximum atomic E-state index is 13.6. The fourth-order valence-electron chi connectivity index (χ4n) is 3.64. The number of carbonyl (C=O) groups is 1. The van der Waals surface area contributed by atoms with Crippen LogP contribution in [0.15, 0.2) is 97.2 Å². The molecule has 188 valence electrons. The fraction of sp³-hybridized carbons (Fsp3) is 0.172. The van der Waals surface area contributed by atoms with Gasteiger partial charge in [-0.15, -0.1) is 0 Å². The molecule has 0 aliphatic heterocycles. The van der Waals surface area contributed by atoms with Crippen LogP contribution in [0.3, 0.4) is 0 Å². The molecule has 0 spiro atoms. The average molecular weight is 562 g/mol. The minimum atomic E-state index is -0.272. The zero-order valence-corrected chi connectivity index (χ0v) is 23.4. The number of rotatable bonds is 10. The van der Waals surface area contributed by atoms with E-state index in [-0.39, 0.29) is 11.7 Å². The number of thiocarbonyl (C=S) groups is 2. The molecule has 3 aromatic carbocycles. The lowest BCUT2D eigenvalue weighted by molar-refractivity contribution is 0.0944. The second-order valence-electron chi connectivity index (χ2n) is 8.35. The predicted molar refractivity (Wildman–Crippen MR) is 166 cm³/mol. The summed E-state index contributed by atoms with van der Waals surface area (Å²) in [4.78, 5) is 18.1. The molecule has 0 aliphatic carbocycles. The summed E-state index contributed by atoms with van der Waals surface area (Å²) in [5.41, 5.74) is 3.80. The van der Waals surface area contributed by atoms with Crippen molar-refractivity contribution in [3.8, 4) is 0 Å². The van der Waals surface area contributed by atoms with Gasteiger partial charge in [-0.2, -0.15) is 0 Å². The Labute approximate surface area is 237 Å². The van der Waals surface area contributed by atoms with E-state index < -0.39 is 0 Å². The van der Waals surface area contributed by atoms with Crippen LogP contribution in [0.5, 0.6) is 0 Å². The van der Waals surface area contributed by atoms with E-state index in [1.165, 1.54) is 23.5 Å². The number of carbonyl (C=O) groups excluding carboxylic acids is 1. The molecule has 4 rings (SSSR count). The van der Waals surface area contributed by atoms with Crippen molar-refractivity contribution in [1.29, 1.82) is 0 Å². The number of hydrogen-bond donors (Lipinski definition) is 2. The highest BCUT2D eigenvalue weighted by Crippen LogP contribution is 2.23. The van der Waals surface area contributed by atoms with Crippen LogP contribution in [0.25, 0.3) is 10.9 Å². The van der Waals surface area contributed by atoms with Gasteiger partial charge in [0.15, 0.2) is 5.78 Å². The number of fused-ring (bicyclic) bond motifs is 1. The van der Waals surface area contributed by atoms with E-state index in [1.54, 1.807) is 6.20 Å². The van der Waals surface area contributed by atoms with E-state index in [1.807, 2.05) is 66.7 Å². The molecule has 0 aliphatic rings. The van der Waals surface area contributed by atoms with Crippen LogP contribution in [0, 0.1) is 5.92 Å². The molecule has 1 aromatic heterocycles. The molecule has 0 unspecified atom stereocenters. The molecule has 4 aromatic rings. The second-order valence-corrected chi connectivity index (χ2v) is 11.7. The lowest BCUT2D eigenvalue weighted by Crippen LogP contribution is -2.26. The van der Waals surface area contributed by atoms with Crippen LogP contribution in [0.4, 0.5) is 0 Å². The molecule has 1 heterocycles. The summed E-state index contributed by atoms with van der Waals surface area (Å²) in [5.74, 6) is 0.891. The first-order chi connectivity index (χ1) is 18.1. The Bertz CT molecular complexity index is 1290. The quantitative estimate of drug-likeness (QED) is 0.165. The number of pyridine rings is 1. The van der Waals surface area contributed by atoms with Gasteiger partial charge in [0.05, 0.1) is 5.52 Å². The Balaban J connectivity index is 1.38. The smallest absolute Gasteiger partial charge is 0.169 e. The Kier molecular flexibility index (Phi) is 10.5. The van der Waals surface area contributed by atoms with E-state index >= 15 is 0 Å². The van der Waals surface area contributed by atoms with E-state index in [4.69, 9.17) is 24.4 Å². The number of nitrogens with zero attached hydrogens (tertiary/aromatic N) is 1. The predicted octanol–water partition coefficient (Wildman–Crippen LogP) is 6.65. The third kappa shape index (κ3) is 8.64. The molecule has 37 heavy (non-hydrogen) atoms. The lowest BCUT2D eigenvalue weighted by atomic mass is 10.0. The Morgan fingerprint density at radius 3 is 1.84 bits per heavy atom. The van der Waals surface area contributed by atoms with Gasteiger partial charge in [0, 0.05) is 47.7 Å². The average Bonchev–Trinajstić information content (AvgIpc) is 2.95. The maximum Gasteiger partial charge on any atom is 0.169 e. The van der Waals surface area contributed by atoms with Crippen molar-refractivity contribution in [1.82, 2.24) is 15.6 Å². The summed E-state index contributed by atoms with van der Waals surface area (Å²) in [6.45, 7) is 1.31. The van der Waals surface area contributed by atoms with Gasteiger partial charge in [-0.05, 0) is 23.3 Å². The topological polar surface area (TPSA) is 54.0 Å². The molecule has 0 saturated heterocycles. The van der Waals surface area contributed by atoms with Crippen molar-refractivity contribution in [3.05, 3.63) is 114 Å². The van der Waals surface area contributed by atoms with Gasteiger partial charge >= 0.3 is 0 Å². The van der Waals surface area contributed by atoms with Crippen LogP contribution in [-0.2, 0) is 13.1 Å². The van der Waals surface area contributed by atoms with Gasteiger partial charge in [-0.1, -0.05) is 127 Å². The molecule has 0 fully saturated rings. The maximum absolute atomic E-state index is 13.6. The monoisotopic (exact) mass is 561 g/mol. The number of ketones is 1. The normalized spacial score (nSPS) is 10.8. The van der Waals surface area contributed by atoms with Crippen LogP contribution in [-0.4, -0.2) is 30.9 Å². The molecule has 0 atom stereocenters. The van der Waals surface area contributed by atoms with Gasteiger partial charge in [-0.3, -0.25) is 9.78 Å². The van der Waals surface area contributed by atoms with Gasteiger partial charge in [0.25, 0.3) is 0 Å². The summed E-state index contributed by atoms with van der Waals surface area (Å²) in [6, 6.07) is 30.0. The first-order valence-corrected chi connectivity index (χ1v) is 14.7. The highest BCUT2D eigenvalue weighted by molar-refractivity contribution is 8.23. The number of para-hydroxylation sites is 1. The number of benzene rings is 3. The minimum Gasteiger partial charge on any atom is -0.367 e. The number of thioether (sulfide) groups is 2. The zero-order chi connectivity index (χ0) is 25.9. The highest BCUT2D eigenvalue weighted by Gasteiger charge is 2.22. The molecule has 8 heteroatoms. The number of nitrogens with one attached hydrogen (secondary N) is 2. The van der Waals surface area contributed by atoms with Crippen molar-refractivity contribution < 1.29 is 4.79 Å². The third-order valence-corrected chi connectivity index (χ3v) is 8.58. The summed E-state index contributed by atoms with van der Waals surface area (Å²) in [5, 5.41) is 7.52. The summed E-state index contributed by atoms with van der Waals surface area (Å²) < 4.78 is 1.35. The molecule has 0 radical (unpaired) electrons. The minimum absolute atomic E-state index is 0.0509. The van der Waals surface area contributed by atoms with Gasteiger partial charge in [0.1, 0.15) is 8.64 Å². The molecule has 0 saturated carbocycles. The number of Topliss-reactive ketones (excluding diaryl/α,β-unsaturated/α-hetero) is 1. The SMILES string of the molecule is O=C(c1cnc2ccccc2c1)C(CSC(=S)NCc1ccccc1)CSC(=S)NCc1ccccc1. The van der Waals surface area contributed by atoms with Gasteiger partial charge < -0.3 is 10.6 Å². The van der Waals surface area contributed by atoms with E-state index in [2.05, 4.69) is 39.9 Å². The summed E-state index contributed by atoms with van der Waals surface area (Å²) >= 11 is 14.1. The molecular formula is C29H27N3OS4. The fourth-order valence-corrected chi connectivity index (χ4v) is 5.93. The Hall–Kier alpha value is -2.78. The van der Waals surface area contributed by atoms with Crippen molar-refractivity contribution in [2.75, 3.05) is 11.5 Å². The first-order valence-electron chi connectivity index (χ1n) is 11.9. The van der Waals surface area contributed by atoms with Crippen molar-refractivity contribution in [2.24, 2.45) is 5.92 Å². The summed E-state index contributed by atoms with van der Waals surface area (Å²) in [6.07, 6.45) is 1.67. The van der Waals surface area contributed by atoms with Crippen LogP contribution in [0.1, 0.15) is 21.5 Å². The van der Waals surface area contributed by atoms with Crippen molar-refractivity contribution >= 4 is 73.3 Å². The second kappa shape index (κ2) is 14.2. The van der Waals surface area contributed by atoms with E-state index in [0.717, 1.165) is 22.0 Å². The summed E-state index contributed by atoms with van der Waals surface area (Å²) in [7, 11) is 0. The third-order valence-electron chi connectivity index (χ3n) is 5.64. The largest absolute Gasteiger partial charge is 0.367 e. The molecule has 0 amide bonds. The molecule has 0 bridgehead atoms. The number of aromatic nitrogens is 1. The van der Waals surface area contributed by atoms with Crippen molar-refractivity contribution in [3.63, 3.8) is 0 Å². The highest BCUT2D eigenvalue weighted by atomic mass is 32.2. The van der Waals surface area contributed by atoms with Crippen molar-refractivity contribution in [2.45, 2.75) is 13.1 Å². The molecular weight excluding hydrogens is 535 g/mol. The molecule has 2 N–H and O–H groups in total. The Morgan fingerprint density at radius 2 is 1.27 bits per heavy atom. The molecule has 4 nitrogen and oxygen atoms in total. The van der Waals surface area contributed by atoms with E-state index in [9.17, 15) is 4.79 Å². The first kappa shape index (κ1) is 27.3. The zero-order valence-electron chi connectivity index (χ0n) is 20.1. The van der Waals surface area contributed by atoms with Crippen LogP contribution >= 0.6 is 48.0 Å². The van der Waals surface area contributed by atoms with Gasteiger partial charge in [0.2, 0.25) is 0 Å². The number of hydrogen-bond acceptors (Lipinski definition) is 6. The van der Waals surface area contributed by atoms with E-state index in [0.29, 0.717) is 38.8 Å². The lowest BCUT2D eigenvalue weighted by Gasteiger charge is -2.17. The van der Waals surface area contributed by atoms with Crippen LogP contribution in [0.2, 0.25) is 0 Å².